The first-order chi connectivity index (χ1) is 13.1. The average Bonchev–Trinajstić information content (AvgIpc) is 3.10. The van der Waals surface area contributed by atoms with Crippen LogP contribution >= 0.6 is 11.6 Å². The molecule has 0 bridgehead atoms. The van der Waals surface area contributed by atoms with Crippen molar-refractivity contribution < 1.29 is 14.3 Å². The third-order valence-electron chi connectivity index (χ3n) is 4.69. The van der Waals surface area contributed by atoms with E-state index in [1.165, 1.54) is 0 Å². The highest BCUT2D eigenvalue weighted by atomic mass is 35.5. The molecule has 1 aliphatic heterocycles. The number of rotatable bonds is 4. The van der Waals surface area contributed by atoms with Crippen LogP contribution in [0.3, 0.4) is 0 Å². The second-order valence-corrected chi connectivity index (χ2v) is 6.59. The zero-order valence-corrected chi connectivity index (χ0v) is 15.7. The fraction of sp³-hybridized carbons (Fsp3) is 0.200. The van der Waals surface area contributed by atoms with Gasteiger partial charge in [0.25, 0.3) is 0 Å². The topological polar surface area (TPSA) is 65.4 Å². The molecule has 4 rings (SSSR count). The van der Waals surface area contributed by atoms with Crippen LogP contribution in [0.4, 0.5) is 5.82 Å². The predicted octanol–water partition coefficient (Wildman–Crippen LogP) is 4.02. The lowest BCUT2D eigenvalue weighted by atomic mass is 9.89. The Bertz CT molecular complexity index is 1020. The van der Waals surface area contributed by atoms with Gasteiger partial charge in [0.1, 0.15) is 12.1 Å². The van der Waals surface area contributed by atoms with Gasteiger partial charge in [0.15, 0.2) is 11.5 Å². The van der Waals surface area contributed by atoms with Crippen molar-refractivity contribution in [1.82, 2.24) is 9.55 Å². The highest BCUT2D eigenvalue weighted by Gasteiger charge is 2.33. The molecule has 2 aromatic carbocycles. The standard InChI is InChI=1S/C20H18ClN3O3/c1-26-16-9-5-6-12(19(16)27-2)13-10-17(25)23-20-18(13)22-11-24(20)15-8-4-3-7-14(15)21/h3-9,11,13H,10H2,1-2H3,(H,23,25). The SMILES string of the molecule is COc1cccc(C2CC(=O)Nc3c2ncn3-c2ccccc2Cl)c1OC. The van der Waals surface area contributed by atoms with Gasteiger partial charge in [-0.2, -0.15) is 0 Å². The highest BCUT2D eigenvalue weighted by Crippen LogP contribution is 2.44. The molecule has 2 heterocycles. The number of benzene rings is 2. The lowest BCUT2D eigenvalue weighted by molar-refractivity contribution is -0.116. The molecule has 1 N–H and O–H groups in total. The molecule has 1 atom stereocenters. The number of nitrogens with one attached hydrogen (secondary N) is 1. The predicted molar refractivity (Wildman–Crippen MR) is 103 cm³/mol. The normalized spacial score (nSPS) is 15.8. The first kappa shape index (κ1) is 17.4. The highest BCUT2D eigenvalue weighted by molar-refractivity contribution is 6.32. The third-order valence-corrected chi connectivity index (χ3v) is 5.01. The molecule has 6 nitrogen and oxygen atoms in total. The molecular formula is C20H18ClN3O3. The molecule has 0 saturated carbocycles. The van der Waals surface area contributed by atoms with E-state index in [2.05, 4.69) is 10.3 Å². The molecule has 3 aromatic rings. The molecule has 0 saturated heterocycles. The lowest BCUT2D eigenvalue weighted by Crippen LogP contribution is -2.25. The van der Waals surface area contributed by atoms with E-state index in [0.717, 1.165) is 16.9 Å². The second-order valence-electron chi connectivity index (χ2n) is 6.19. The number of aromatic nitrogens is 2. The summed E-state index contributed by atoms with van der Waals surface area (Å²) in [5.41, 5.74) is 2.38. The van der Waals surface area contributed by atoms with E-state index in [4.69, 9.17) is 21.1 Å². The van der Waals surface area contributed by atoms with Crippen LogP contribution in [-0.2, 0) is 4.79 Å². The van der Waals surface area contributed by atoms with E-state index in [-0.39, 0.29) is 18.2 Å². The van der Waals surface area contributed by atoms with Crippen LogP contribution in [0.2, 0.25) is 5.02 Å². The average molecular weight is 384 g/mol. The summed E-state index contributed by atoms with van der Waals surface area (Å²) in [7, 11) is 3.18. The van der Waals surface area contributed by atoms with Gasteiger partial charge >= 0.3 is 0 Å². The number of anilines is 1. The van der Waals surface area contributed by atoms with Crippen LogP contribution in [0.15, 0.2) is 48.8 Å². The molecule has 0 spiro atoms. The lowest BCUT2D eigenvalue weighted by Gasteiger charge is -2.25. The minimum atomic E-state index is -0.248. The van der Waals surface area contributed by atoms with Gasteiger partial charge in [-0.1, -0.05) is 35.9 Å². The van der Waals surface area contributed by atoms with Crippen LogP contribution in [-0.4, -0.2) is 29.7 Å². The maximum absolute atomic E-state index is 12.5. The van der Waals surface area contributed by atoms with Gasteiger partial charge in [-0.05, 0) is 18.2 Å². The van der Waals surface area contributed by atoms with E-state index in [0.29, 0.717) is 22.3 Å². The van der Waals surface area contributed by atoms with Crippen LogP contribution in [0.5, 0.6) is 11.5 Å². The summed E-state index contributed by atoms with van der Waals surface area (Å²) in [5, 5.41) is 3.51. The van der Waals surface area contributed by atoms with Crippen molar-refractivity contribution in [3.05, 3.63) is 65.1 Å². The van der Waals surface area contributed by atoms with Gasteiger partial charge in [0.05, 0.1) is 30.6 Å². The van der Waals surface area contributed by atoms with E-state index in [1.54, 1.807) is 31.2 Å². The monoisotopic (exact) mass is 383 g/mol. The van der Waals surface area contributed by atoms with Gasteiger partial charge in [-0.15, -0.1) is 0 Å². The summed E-state index contributed by atoms with van der Waals surface area (Å²) in [5.74, 6) is 1.51. The van der Waals surface area contributed by atoms with Crippen molar-refractivity contribution in [1.29, 1.82) is 0 Å². The van der Waals surface area contributed by atoms with Crippen molar-refractivity contribution in [3.63, 3.8) is 0 Å². The maximum atomic E-state index is 12.5. The zero-order chi connectivity index (χ0) is 19.0. The van der Waals surface area contributed by atoms with E-state index in [9.17, 15) is 4.79 Å². The number of methoxy groups -OCH3 is 2. The summed E-state index contributed by atoms with van der Waals surface area (Å²) < 4.78 is 12.8. The molecule has 0 aliphatic carbocycles. The molecule has 0 radical (unpaired) electrons. The molecule has 27 heavy (non-hydrogen) atoms. The Kier molecular flexibility index (Phi) is 4.49. The number of halogens is 1. The smallest absolute Gasteiger partial charge is 0.226 e. The van der Waals surface area contributed by atoms with Crippen molar-refractivity contribution in [2.45, 2.75) is 12.3 Å². The largest absolute Gasteiger partial charge is 0.493 e. The van der Waals surface area contributed by atoms with Crippen molar-refractivity contribution >= 4 is 23.3 Å². The summed E-state index contributed by atoms with van der Waals surface area (Å²) in [4.78, 5) is 17.1. The van der Waals surface area contributed by atoms with Gasteiger partial charge < -0.3 is 14.8 Å². The van der Waals surface area contributed by atoms with Gasteiger partial charge in [-0.25, -0.2) is 4.98 Å². The summed E-state index contributed by atoms with van der Waals surface area (Å²) in [6.45, 7) is 0. The van der Waals surface area contributed by atoms with Crippen LogP contribution in [0, 0.1) is 0 Å². The summed E-state index contributed by atoms with van der Waals surface area (Å²) >= 11 is 6.34. The summed E-state index contributed by atoms with van der Waals surface area (Å²) in [6.07, 6.45) is 1.95. The van der Waals surface area contributed by atoms with Gasteiger partial charge in [0, 0.05) is 17.9 Å². The van der Waals surface area contributed by atoms with Gasteiger partial charge in [-0.3, -0.25) is 9.36 Å². The second kappa shape index (κ2) is 6.96. The molecule has 1 aromatic heterocycles. The molecule has 138 valence electrons. The number of hydrogen-bond donors (Lipinski definition) is 1. The first-order valence-corrected chi connectivity index (χ1v) is 8.84. The Hall–Kier alpha value is -2.99. The number of nitrogens with zero attached hydrogens (tertiary/aromatic N) is 2. The van der Waals surface area contributed by atoms with Crippen LogP contribution in [0.25, 0.3) is 5.69 Å². The fourth-order valence-electron chi connectivity index (χ4n) is 3.48. The summed E-state index contributed by atoms with van der Waals surface area (Å²) in [6, 6.07) is 13.1. The molecule has 1 amide bonds. The third kappa shape index (κ3) is 2.92. The molecule has 1 aliphatic rings. The zero-order valence-electron chi connectivity index (χ0n) is 14.9. The minimum absolute atomic E-state index is 0.0915. The van der Waals surface area contributed by atoms with Crippen molar-refractivity contribution in [3.8, 4) is 17.2 Å². The molecule has 1 unspecified atom stereocenters. The number of fused-ring (bicyclic) bond motifs is 1. The van der Waals surface area contributed by atoms with Crippen LogP contribution in [0.1, 0.15) is 23.6 Å². The van der Waals surface area contributed by atoms with E-state index >= 15 is 0 Å². The van der Waals surface area contributed by atoms with Crippen LogP contribution < -0.4 is 14.8 Å². The number of carbonyl (C=O) groups is 1. The maximum Gasteiger partial charge on any atom is 0.226 e. The Morgan fingerprint density at radius 1 is 1.15 bits per heavy atom. The first-order valence-electron chi connectivity index (χ1n) is 8.47. The number of imidazole rings is 1. The number of para-hydroxylation sites is 2. The van der Waals surface area contributed by atoms with Gasteiger partial charge in [0.2, 0.25) is 5.91 Å². The number of hydrogen-bond acceptors (Lipinski definition) is 4. The quantitative estimate of drug-likeness (QED) is 0.739. The van der Waals surface area contributed by atoms with E-state index in [1.807, 2.05) is 36.4 Å². The molecule has 0 fully saturated rings. The number of carbonyl (C=O) groups excluding carboxylic acids is 1. The van der Waals surface area contributed by atoms with Crippen molar-refractivity contribution in [2.75, 3.05) is 19.5 Å². The van der Waals surface area contributed by atoms with Crippen molar-refractivity contribution in [2.24, 2.45) is 0 Å². The Balaban J connectivity index is 1.87. The Morgan fingerprint density at radius 3 is 2.70 bits per heavy atom. The molecular weight excluding hydrogens is 366 g/mol. The number of ether oxygens (including phenoxy) is 2. The Morgan fingerprint density at radius 2 is 1.96 bits per heavy atom. The Labute approximate surface area is 161 Å². The number of amides is 1. The fourth-order valence-corrected chi connectivity index (χ4v) is 3.71. The molecule has 7 heteroatoms. The van der Waals surface area contributed by atoms with E-state index < -0.39 is 0 Å². The minimum Gasteiger partial charge on any atom is -0.493 e.